The molecule has 2 saturated heterocycles. The van der Waals surface area contributed by atoms with Crippen LogP contribution in [0.4, 0.5) is 16.2 Å². The van der Waals surface area contributed by atoms with Crippen LogP contribution in [0, 0.1) is 20.8 Å². The van der Waals surface area contributed by atoms with E-state index in [4.69, 9.17) is 0 Å². The fraction of sp³-hybridized carbons (Fsp3) is 0.350. The summed E-state index contributed by atoms with van der Waals surface area (Å²) in [7, 11) is -3.18. The molecule has 2 aliphatic rings. The molecule has 2 atom stereocenters. The van der Waals surface area contributed by atoms with Gasteiger partial charge in [0.15, 0.2) is 9.84 Å². The number of aryl methyl sites for hydroxylation is 3. The van der Waals surface area contributed by atoms with Crippen molar-refractivity contribution in [3.05, 3.63) is 59.2 Å². The number of hydrogen-bond acceptors (Lipinski definition) is 3. The first-order valence-electron chi connectivity index (χ1n) is 8.73. The van der Waals surface area contributed by atoms with Crippen molar-refractivity contribution in [3.63, 3.8) is 0 Å². The molecule has 0 saturated carbocycles. The normalized spacial score (nSPS) is 24.2. The number of para-hydroxylation sites is 1. The van der Waals surface area contributed by atoms with Crippen molar-refractivity contribution in [3.8, 4) is 0 Å². The van der Waals surface area contributed by atoms with Gasteiger partial charge in [-0.1, -0.05) is 24.3 Å². The molecule has 2 fully saturated rings. The van der Waals surface area contributed by atoms with Gasteiger partial charge in [0, 0.05) is 11.4 Å². The average molecular weight is 370 g/mol. The lowest BCUT2D eigenvalue weighted by Crippen LogP contribution is -2.38. The van der Waals surface area contributed by atoms with Gasteiger partial charge >= 0.3 is 6.03 Å². The third kappa shape index (κ3) is 2.69. The van der Waals surface area contributed by atoms with Gasteiger partial charge in [-0.15, -0.1) is 0 Å². The predicted molar refractivity (Wildman–Crippen MR) is 104 cm³/mol. The molecular weight excluding hydrogens is 348 g/mol. The van der Waals surface area contributed by atoms with E-state index in [2.05, 4.69) is 0 Å². The molecular formula is C20H22N2O3S. The van der Waals surface area contributed by atoms with Crippen LogP contribution in [0.2, 0.25) is 0 Å². The lowest BCUT2D eigenvalue weighted by atomic mass is 10.1. The van der Waals surface area contributed by atoms with Gasteiger partial charge in [-0.05, 0) is 55.7 Å². The summed E-state index contributed by atoms with van der Waals surface area (Å²) >= 11 is 0. The summed E-state index contributed by atoms with van der Waals surface area (Å²) in [5, 5.41) is 0. The molecule has 0 spiro atoms. The van der Waals surface area contributed by atoms with Gasteiger partial charge < -0.3 is 0 Å². The van der Waals surface area contributed by atoms with E-state index in [0.717, 1.165) is 28.1 Å². The van der Waals surface area contributed by atoms with Gasteiger partial charge in [0.2, 0.25) is 0 Å². The summed E-state index contributed by atoms with van der Waals surface area (Å²) in [4.78, 5) is 16.7. The summed E-state index contributed by atoms with van der Waals surface area (Å²) < 4.78 is 24.7. The highest BCUT2D eigenvalue weighted by molar-refractivity contribution is 7.91. The van der Waals surface area contributed by atoms with Gasteiger partial charge in [-0.3, -0.25) is 9.80 Å². The van der Waals surface area contributed by atoms with Crippen LogP contribution in [0.15, 0.2) is 42.5 Å². The van der Waals surface area contributed by atoms with Crippen LogP contribution in [0.3, 0.4) is 0 Å². The van der Waals surface area contributed by atoms with Crippen LogP contribution in [0.1, 0.15) is 16.7 Å². The number of amides is 2. The maximum atomic E-state index is 13.4. The molecule has 6 heteroatoms. The second kappa shape index (κ2) is 5.84. The molecule has 2 aliphatic heterocycles. The van der Waals surface area contributed by atoms with Gasteiger partial charge in [0.25, 0.3) is 0 Å². The fourth-order valence-corrected chi connectivity index (χ4v) is 6.13. The molecule has 0 N–H and O–H groups in total. The highest BCUT2D eigenvalue weighted by Gasteiger charge is 2.54. The van der Waals surface area contributed by atoms with Crippen LogP contribution >= 0.6 is 0 Å². The third-order valence-electron chi connectivity index (χ3n) is 5.23. The summed E-state index contributed by atoms with van der Waals surface area (Å²) in [6.07, 6.45) is 0. The quantitative estimate of drug-likeness (QED) is 0.763. The van der Waals surface area contributed by atoms with Crippen molar-refractivity contribution in [1.82, 2.24) is 0 Å². The number of carbonyl (C=O) groups excluding carboxylic acids is 1. The van der Waals surface area contributed by atoms with Crippen LogP contribution in [0.25, 0.3) is 0 Å². The van der Waals surface area contributed by atoms with Crippen LogP contribution in [-0.2, 0) is 9.84 Å². The van der Waals surface area contributed by atoms with Crippen molar-refractivity contribution >= 4 is 27.2 Å². The Kier molecular flexibility index (Phi) is 3.84. The molecule has 2 amide bonds. The van der Waals surface area contributed by atoms with E-state index < -0.39 is 9.84 Å². The van der Waals surface area contributed by atoms with Crippen molar-refractivity contribution in [2.24, 2.45) is 0 Å². The number of urea groups is 1. The minimum absolute atomic E-state index is 0.0127. The second-order valence-corrected chi connectivity index (χ2v) is 9.52. The standard InChI is InChI=1S/C20H22N2O3S/c1-13-8-14(2)10-16(9-13)21-18-11-26(24,25)12-19(18)22(20(21)23)17-7-5-4-6-15(17)3/h4-10,18-19H,11-12H2,1-3H3/t18-,19+/m1/s1. The molecule has 5 nitrogen and oxygen atoms in total. The third-order valence-corrected chi connectivity index (χ3v) is 6.93. The number of carbonyl (C=O) groups is 1. The van der Waals surface area contributed by atoms with Crippen molar-refractivity contribution in [1.29, 1.82) is 0 Å². The van der Waals surface area contributed by atoms with E-state index in [0.29, 0.717) is 0 Å². The monoisotopic (exact) mass is 370 g/mol. The Hall–Kier alpha value is -2.34. The smallest absolute Gasteiger partial charge is 0.288 e. The molecule has 0 radical (unpaired) electrons. The number of hydrogen-bond donors (Lipinski definition) is 0. The Balaban J connectivity index is 1.86. The number of nitrogens with zero attached hydrogens (tertiary/aromatic N) is 2. The molecule has 2 aromatic rings. The molecule has 0 bridgehead atoms. The fourth-order valence-electron chi connectivity index (χ4n) is 4.21. The summed E-state index contributed by atoms with van der Waals surface area (Å²) in [6.45, 7) is 5.92. The minimum Gasteiger partial charge on any atom is -0.288 e. The van der Waals surface area contributed by atoms with E-state index in [1.54, 1.807) is 9.80 Å². The molecule has 0 aromatic heterocycles. The Morgan fingerprint density at radius 2 is 1.46 bits per heavy atom. The van der Waals surface area contributed by atoms with Crippen LogP contribution in [-0.4, -0.2) is 38.0 Å². The maximum absolute atomic E-state index is 13.4. The number of benzene rings is 2. The van der Waals surface area contributed by atoms with E-state index in [-0.39, 0.29) is 29.6 Å². The zero-order chi connectivity index (χ0) is 18.6. The summed E-state index contributed by atoms with van der Waals surface area (Å²) in [6, 6.07) is 12.7. The average Bonchev–Trinajstić information content (AvgIpc) is 2.96. The first-order chi connectivity index (χ1) is 12.3. The number of fused-ring (bicyclic) bond motifs is 1. The number of anilines is 2. The van der Waals surface area contributed by atoms with E-state index in [1.807, 2.05) is 63.2 Å². The van der Waals surface area contributed by atoms with Crippen LogP contribution < -0.4 is 9.80 Å². The molecule has 0 aliphatic carbocycles. The molecule has 2 heterocycles. The second-order valence-electron chi connectivity index (χ2n) is 7.37. The summed E-state index contributed by atoms with van der Waals surface area (Å²) in [5.74, 6) is 0.0256. The first kappa shape index (κ1) is 17.1. The Bertz CT molecular complexity index is 980. The first-order valence-corrected chi connectivity index (χ1v) is 10.6. The van der Waals surface area contributed by atoms with E-state index in [9.17, 15) is 13.2 Å². The van der Waals surface area contributed by atoms with Crippen molar-refractivity contribution < 1.29 is 13.2 Å². The topological polar surface area (TPSA) is 57.7 Å². The molecule has 0 unspecified atom stereocenters. The highest BCUT2D eigenvalue weighted by Crippen LogP contribution is 2.39. The van der Waals surface area contributed by atoms with Gasteiger partial charge in [-0.2, -0.15) is 0 Å². The van der Waals surface area contributed by atoms with Crippen molar-refractivity contribution in [2.75, 3.05) is 21.3 Å². The van der Waals surface area contributed by atoms with Crippen LogP contribution in [0.5, 0.6) is 0 Å². The maximum Gasteiger partial charge on any atom is 0.329 e. The van der Waals surface area contributed by atoms with Crippen molar-refractivity contribution in [2.45, 2.75) is 32.9 Å². The number of sulfone groups is 1. The Labute approximate surface area is 154 Å². The Morgan fingerprint density at radius 1 is 0.885 bits per heavy atom. The molecule has 4 rings (SSSR count). The lowest BCUT2D eigenvalue weighted by Gasteiger charge is -2.24. The minimum atomic E-state index is -3.18. The zero-order valence-electron chi connectivity index (χ0n) is 15.1. The van der Waals surface area contributed by atoms with Gasteiger partial charge in [0.05, 0.1) is 23.6 Å². The van der Waals surface area contributed by atoms with E-state index >= 15 is 0 Å². The van der Waals surface area contributed by atoms with Gasteiger partial charge in [0.1, 0.15) is 0 Å². The summed E-state index contributed by atoms with van der Waals surface area (Å²) in [5.41, 5.74) is 4.64. The van der Waals surface area contributed by atoms with E-state index in [1.165, 1.54) is 0 Å². The zero-order valence-corrected chi connectivity index (χ0v) is 16.0. The lowest BCUT2D eigenvalue weighted by molar-refractivity contribution is 0.255. The predicted octanol–water partition coefficient (Wildman–Crippen LogP) is 3.22. The molecule has 2 aromatic carbocycles. The molecule has 136 valence electrons. The Morgan fingerprint density at radius 3 is 2.08 bits per heavy atom. The largest absolute Gasteiger partial charge is 0.329 e. The molecule has 26 heavy (non-hydrogen) atoms. The SMILES string of the molecule is Cc1cc(C)cc(N2C(=O)N(c3ccccc3C)[C@H]3CS(=O)(=O)C[C@H]32)c1. The number of rotatable bonds is 2. The highest BCUT2D eigenvalue weighted by atomic mass is 32.2. The van der Waals surface area contributed by atoms with Gasteiger partial charge in [-0.25, -0.2) is 13.2 Å².